The Morgan fingerprint density at radius 1 is 0.429 bits per heavy atom. The van der Waals surface area contributed by atoms with Crippen LogP contribution in [0.15, 0.2) is 174 Å². The molecule has 238 valence electrons. The van der Waals surface area contributed by atoms with Gasteiger partial charge in [0.25, 0.3) is 0 Å². The molecule has 0 spiro atoms. The summed E-state index contributed by atoms with van der Waals surface area (Å²) in [6.45, 7) is 4.67. The van der Waals surface area contributed by atoms with Gasteiger partial charge in [0, 0.05) is 45.2 Å². The molecular formula is C46H37BrN2. The maximum atomic E-state index is 3.91. The highest BCUT2D eigenvalue weighted by atomic mass is 79.9. The van der Waals surface area contributed by atoms with E-state index in [-0.39, 0.29) is 5.41 Å². The third kappa shape index (κ3) is 5.64. The summed E-state index contributed by atoms with van der Waals surface area (Å²) in [4.78, 5) is 4.68. The van der Waals surface area contributed by atoms with Gasteiger partial charge in [0.15, 0.2) is 0 Å². The van der Waals surface area contributed by atoms with E-state index in [1.807, 2.05) is 0 Å². The molecule has 0 bridgehead atoms. The largest absolute Gasteiger partial charge is 0.345 e. The van der Waals surface area contributed by atoms with Crippen LogP contribution in [0, 0.1) is 0 Å². The van der Waals surface area contributed by atoms with Gasteiger partial charge >= 0.3 is 0 Å². The van der Waals surface area contributed by atoms with Crippen LogP contribution in [0.3, 0.4) is 0 Å². The van der Waals surface area contributed by atoms with Crippen LogP contribution in [-0.2, 0) is 5.41 Å². The summed E-state index contributed by atoms with van der Waals surface area (Å²) in [7, 11) is 2.17. The van der Waals surface area contributed by atoms with Crippen LogP contribution in [0.4, 0.5) is 28.4 Å². The van der Waals surface area contributed by atoms with Crippen molar-refractivity contribution in [3.63, 3.8) is 0 Å². The lowest BCUT2D eigenvalue weighted by molar-refractivity contribution is 0.660. The fourth-order valence-corrected chi connectivity index (χ4v) is 7.80. The van der Waals surface area contributed by atoms with E-state index in [0.717, 1.165) is 32.9 Å². The van der Waals surface area contributed by atoms with Crippen molar-refractivity contribution in [3.8, 4) is 33.4 Å². The molecule has 0 heterocycles. The number of rotatable bonds is 7. The Morgan fingerprint density at radius 2 is 1.04 bits per heavy atom. The van der Waals surface area contributed by atoms with Crippen LogP contribution < -0.4 is 9.80 Å². The number of nitrogens with zero attached hydrogens (tertiary/aromatic N) is 2. The van der Waals surface area contributed by atoms with Gasteiger partial charge in [0.1, 0.15) is 0 Å². The molecule has 0 aliphatic heterocycles. The first kappa shape index (κ1) is 30.9. The smallest absolute Gasteiger partial charge is 0.0540 e. The molecule has 7 aromatic rings. The number of halogens is 1. The normalized spacial score (nSPS) is 12.7. The van der Waals surface area contributed by atoms with Crippen LogP contribution in [-0.4, -0.2) is 7.05 Å². The highest BCUT2D eigenvalue weighted by molar-refractivity contribution is 9.10. The predicted octanol–water partition coefficient (Wildman–Crippen LogP) is 13.3. The van der Waals surface area contributed by atoms with Crippen LogP contribution in [0.2, 0.25) is 0 Å². The van der Waals surface area contributed by atoms with E-state index in [2.05, 4.69) is 216 Å². The number of hydrogen-bond donors (Lipinski definition) is 0. The van der Waals surface area contributed by atoms with Gasteiger partial charge in [-0.1, -0.05) is 145 Å². The van der Waals surface area contributed by atoms with Crippen molar-refractivity contribution in [3.05, 3.63) is 185 Å². The zero-order valence-electron chi connectivity index (χ0n) is 27.9. The average Bonchev–Trinajstić information content (AvgIpc) is 3.38. The van der Waals surface area contributed by atoms with Gasteiger partial charge < -0.3 is 9.80 Å². The third-order valence-corrected chi connectivity index (χ3v) is 10.4. The molecule has 0 fully saturated rings. The predicted molar refractivity (Wildman–Crippen MR) is 212 cm³/mol. The summed E-state index contributed by atoms with van der Waals surface area (Å²) in [6, 6.07) is 61.3. The minimum atomic E-state index is -0.0604. The summed E-state index contributed by atoms with van der Waals surface area (Å²) in [5, 5.41) is 0. The second-order valence-corrected chi connectivity index (χ2v) is 14.2. The van der Waals surface area contributed by atoms with Gasteiger partial charge in [-0.15, -0.1) is 0 Å². The molecule has 7 aromatic carbocycles. The lowest BCUT2D eigenvalue weighted by atomic mass is 9.82. The molecule has 49 heavy (non-hydrogen) atoms. The first-order valence-electron chi connectivity index (χ1n) is 16.8. The van der Waals surface area contributed by atoms with Crippen molar-refractivity contribution in [1.82, 2.24) is 0 Å². The zero-order chi connectivity index (χ0) is 33.5. The first-order valence-corrected chi connectivity index (χ1v) is 17.6. The SMILES string of the molecule is CN(c1cc(Br)cc(N(c2ccccc2)c2ccc(-c3ccccc3)cc2-c2ccccc2)c1)c1ccc2c(c1)C(C)(C)c1ccccc1-2. The summed E-state index contributed by atoms with van der Waals surface area (Å²) in [5.74, 6) is 0. The molecule has 0 N–H and O–H groups in total. The molecule has 0 aromatic heterocycles. The number of para-hydroxylation sites is 1. The van der Waals surface area contributed by atoms with Gasteiger partial charge in [-0.2, -0.15) is 0 Å². The zero-order valence-corrected chi connectivity index (χ0v) is 29.5. The quantitative estimate of drug-likeness (QED) is 0.164. The van der Waals surface area contributed by atoms with E-state index in [1.165, 1.54) is 44.5 Å². The van der Waals surface area contributed by atoms with E-state index < -0.39 is 0 Å². The van der Waals surface area contributed by atoms with Crippen molar-refractivity contribution >= 4 is 44.4 Å². The summed E-state index contributed by atoms with van der Waals surface area (Å²) in [5.41, 5.74) is 15.6. The van der Waals surface area contributed by atoms with Gasteiger partial charge in [0.2, 0.25) is 0 Å². The molecule has 1 aliphatic carbocycles. The van der Waals surface area contributed by atoms with Crippen molar-refractivity contribution in [1.29, 1.82) is 0 Å². The van der Waals surface area contributed by atoms with Crippen LogP contribution in [0.1, 0.15) is 25.0 Å². The molecule has 8 rings (SSSR count). The van der Waals surface area contributed by atoms with E-state index in [1.54, 1.807) is 0 Å². The standard InChI is InChI=1S/C46H37BrN2/c1-46(2)43-22-14-13-21-40(43)41-25-24-37(31-44(41)46)48(3)38-28-35(47)29-39(30-38)49(36-19-11-6-12-20-36)45-26-23-34(32-15-7-4-8-16-32)27-42(45)33-17-9-5-10-18-33/h4-31H,1-3H3. The Labute approximate surface area is 298 Å². The Kier molecular flexibility index (Phi) is 7.94. The fraction of sp³-hybridized carbons (Fsp3) is 0.0870. The van der Waals surface area contributed by atoms with Gasteiger partial charge in [0.05, 0.1) is 5.69 Å². The third-order valence-electron chi connectivity index (χ3n) is 9.91. The number of hydrogen-bond acceptors (Lipinski definition) is 2. The Morgan fingerprint density at radius 3 is 1.78 bits per heavy atom. The Bertz CT molecular complexity index is 2280. The number of benzene rings is 7. The van der Waals surface area contributed by atoms with Gasteiger partial charge in [-0.3, -0.25) is 0 Å². The van der Waals surface area contributed by atoms with Crippen LogP contribution in [0.25, 0.3) is 33.4 Å². The van der Waals surface area contributed by atoms with E-state index >= 15 is 0 Å². The molecule has 0 atom stereocenters. The monoisotopic (exact) mass is 696 g/mol. The maximum absolute atomic E-state index is 3.91. The Balaban J connectivity index is 1.26. The topological polar surface area (TPSA) is 6.48 Å². The lowest BCUT2D eigenvalue weighted by Gasteiger charge is -2.30. The van der Waals surface area contributed by atoms with E-state index in [4.69, 9.17) is 0 Å². The highest BCUT2D eigenvalue weighted by Crippen LogP contribution is 2.50. The molecular weight excluding hydrogens is 660 g/mol. The van der Waals surface area contributed by atoms with Gasteiger partial charge in [-0.05, 0) is 93.5 Å². The molecule has 1 aliphatic rings. The summed E-state index contributed by atoms with van der Waals surface area (Å²) in [6.07, 6.45) is 0. The Hall–Kier alpha value is -5.38. The summed E-state index contributed by atoms with van der Waals surface area (Å²) < 4.78 is 1.02. The summed E-state index contributed by atoms with van der Waals surface area (Å²) >= 11 is 3.91. The maximum Gasteiger partial charge on any atom is 0.0540 e. The van der Waals surface area contributed by atoms with Crippen LogP contribution in [0.5, 0.6) is 0 Å². The fourth-order valence-electron chi connectivity index (χ4n) is 7.33. The first-order chi connectivity index (χ1) is 23.9. The molecule has 3 heteroatoms. The second-order valence-electron chi connectivity index (χ2n) is 13.3. The average molecular weight is 698 g/mol. The van der Waals surface area contributed by atoms with Gasteiger partial charge in [-0.25, -0.2) is 0 Å². The van der Waals surface area contributed by atoms with Crippen molar-refractivity contribution in [2.45, 2.75) is 19.3 Å². The van der Waals surface area contributed by atoms with Crippen LogP contribution >= 0.6 is 15.9 Å². The second kappa shape index (κ2) is 12.6. The van der Waals surface area contributed by atoms with E-state index in [0.29, 0.717) is 0 Å². The minimum Gasteiger partial charge on any atom is -0.345 e. The molecule has 0 unspecified atom stereocenters. The molecule has 0 saturated carbocycles. The highest BCUT2D eigenvalue weighted by Gasteiger charge is 2.35. The van der Waals surface area contributed by atoms with E-state index in [9.17, 15) is 0 Å². The molecule has 0 saturated heterocycles. The van der Waals surface area contributed by atoms with Crippen molar-refractivity contribution in [2.24, 2.45) is 0 Å². The lowest BCUT2D eigenvalue weighted by Crippen LogP contribution is -2.17. The number of fused-ring (bicyclic) bond motifs is 3. The van der Waals surface area contributed by atoms with Crippen molar-refractivity contribution in [2.75, 3.05) is 16.8 Å². The number of anilines is 5. The molecule has 2 nitrogen and oxygen atoms in total. The molecule has 0 radical (unpaired) electrons. The molecule has 0 amide bonds. The van der Waals surface area contributed by atoms with Crippen molar-refractivity contribution < 1.29 is 0 Å². The minimum absolute atomic E-state index is 0.0604.